The molecular weight excluding hydrogens is 390 g/mol. The first kappa shape index (κ1) is 21.1. The number of esters is 1. The van der Waals surface area contributed by atoms with Gasteiger partial charge in [0.05, 0.1) is 17.1 Å². The number of nitro groups is 1. The lowest BCUT2D eigenvalue weighted by Crippen LogP contribution is -2.30. The minimum atomic E-state index is -1.17. The zero-order valence-electron chi connectivity index (χ0n) is 14.8. The lowest BCUT2D eigenvalue weighted by atomic mass is 10.1. The summed E-state index contributed by atoms with van der Waals surface area (Å²) < 4.78 is 5.15. The van der Waals surface area contributed by atoms with E-state index in [0.717, 1.165) is 6.07 Å². The van der Waals surface area contributed by atoms with Crippen molar-refractivity contribution in [3.8, 4) is 0 Å². The summed E-state index contributed by atoms with van der Waals surface area (Å²) in [6, 6.07) is 10.0. The largest absolute Gasteiger partial charge is 0.449 e. The van der Waals surface area contributed by atoms with E-state index in [1.54, 1.807) is 18.2 Å². The summed E-state index contributed by atoms with van der Waals surface area (Å²) in [6.07, 6.45) is -1.17. The van der Waals surface area contributed by atoms with Crippen molar-refractivity contribution in [3.05, 3.63) is 63.2 Å². The first-order chi connectivity index (χ1) is 13.3. The van der Waals surface area contributed by atoms with Crippen molar-refractivity contribution >= 4 is 40.5 Å². The Balaban J connectivity index is 2.14. The van der Waals surface area contributed by atoms with Crippen LogP contribution in [0.25, 0.3) is 0 Å². The first-order valence-corrected chi connectivity index (χ1v) is 8.60. The molecule has 0 aliphatic rings. The van der Waals surface area contributed by atoms with Crippen LogP contribution in [-0.4, -0.2) is 41.2 Å². The van der Waals surface area contributed by atoms with Gasteiger partial charge >= 0.3 is 5.97 Å². The molecule has 9 nitrogen and oxygen atoms in total. The van der Waals surface area contributed by atoms with Crippen molar-refractivity contribution in [2.24, 2.45) is 0 Å². The van der Waals surface area contributed by atoms with Crippen molar-refractivity contribution in [3.63, 3.8) is 0 Å². The number of benzene rings is 2. The molecule has 2 aromatic rings. The van der Waals surface area contributed by atoms with Crippen LogP contribution >= 0.6 is 11.6 Å². The number of ether oxygens (including phenoxy) is 1. The maximum absolute atomic E-state index is 12.5. The predicted molar refractivity (Wildman–Crippen MR) is 104 cm³/mol. The Labute approximate surface area is 165 Å². The summed E-state index contributed by atoms with van der Waals surface area (Å²) in [6.45, 7) is 1.29. The Morgan fingerprint density at radius 1 is 1.29 bits per heavy atom. The van der Waals surface area contributed by atoms with E-state index in [-0.39, 0.29) is 30.1 Å². The second-order valence-electron chi connectivity index (χ2n) is 5.68. The molecule has 2 rings (SSSR count). The number of amides is 1. The van der Waals surface area contributed by atoms with Crippen LogP contribution in [0.3, 0.4) is 0 Å². The molecule has 0 bridgehead atoms. The highest BCUT2D eigenvalue weighted by Crippen LogP contribution is 2.23. The minimum Gasteiger partial charge on any atom is -0.449 e. The van der Waals surface area contributed by atoms with Gasteiger partial charge in [-0.2, -0.15) is 0 Å². The lowest BCUT2D eigenvalue weighted by Gasteiger charge is -2.15. The molecule has 0 saturated heterocycles. The molecule has 1 atom stereocenters. The summed E-state index contributed by atoms with van der Waals surface area (Å²) in [7, 11) is 0. The Morgan fingerprint density at radius 2 is 2.04 bits per heavy atom. The van der Waals surface area contributed by atoms with Crippen LogP contribution in [0.4, 0.5) is 17.1 Å². The molecule has 0 saturated carbocycles. The molecule has 1 amide bonds. The zero-order valence-corrected chi connectivity index (χ0v) is 15.6. The number of nitrogens with zero attached hydrogens (tertiary/aromatic N) is 1. The fourth-order valence-electron chi connectivity index (χ4n) is 2.25. The van der Waals surface area contributed by atoms with Gasteiger partial charge in [-0.05, 0) is 31.2 Å². The third-order valence-electron chi connectivity index (χ3n) is 3.61. The minimum absolute atomic E-state index is 0.120. The van der Waals surface area contributed by atoms with Crippen LogP contribution < -0.4 is 10.6 Å². The topological polar surface area (TPSA) is 131 Å². The Morgan fingerprint density at radius 3 is 2.68 bits per heavy atom. The summed E-state index contributed by atoms with van der Waals surface area (Å²) in [4.78, 5) is 35.0. The molecule has 2 aromatic carbocycles. The van der Waals surface area contributed by atoms with E-state index in [2.05, 4.69) is 10.6 Å². The number of hydrogen-bond donors (Lipinski definition) is 3. The lowest BCUT2D eigenvalue weighted by molar-refractivity contribution is -0.384. The average Bonchev–Trinajstić information content (AvgIpc) is 2.65. The highest BCUT2D eigenvalue weighted by atomic mass is 35.5. The van der Waals surface area contributed by atoms with Crippen molar-refractivity contribution in [2.45, 2.75) is 13.0 Å². The normalized spacial score (nSPS) is 11.4. The molecule has 0 fully saturated rings. The van der Waals surface area contributed by atoms with Gasteiger partial charge in [-0.3, -0.25) is 14.9 Å². The van der Waals surface area contributed by atoms with Crippen LogP contribution in [0, 0.1) is 10.1 Å². The number of halogens is 1. The van der Waals surface area contributed by atoms with Crippen LogP contribution in [0.15, 0.2) is 42.5 Å². The van der Waals surface area contributed by atoms with Gasteiger partial charge in [0.1, 0.15) is 0 Å². The molecule has 0 aromatic heterocycles. The van der Waals surface area contributed by atoms with E-state index >= 15 is 0 Å². The Hall–Kier alpha value is -3.17. The zero-order chi connectivity index (χ0) is 20.7. The molecule has 28 heavy (non-hydrogen) atoms. The van der Waals surface area contributed by atoms with Crippen LogP contribution in [0.1, 0.15) is 17.3 Å². The van der Waals surface area contributed by atoms with E-state index in [9.17, 15) is 19.7 Å². The first-order valence-electron chi connectivity index (χ1n) is 8.22. The smallest absolute Gasteiger partial charge is 0.341 e. The van der Waals surface area contributed by atoms with Gasteiger partial charge < -0.3 is 20.5 Å². The number of carbonyl (C=O) groups is 2. The molecular formula is C18H18ClN3O6. The maximum atomic E-state index is 12.5. The van der Waals surface area contributed by atoms with Gasteiger partial charge in [0, 0.05) is 35.1 Å². The number of nitrogens with one attached hydrogen (secondary N) is 2. The molecule has 3 N–H and O–H groups in total. The third kappa shape index (κ3) is 5.66. The van der Waals surface area contributed by atoms with Gasteiger partial charge in [0.15, 0.2) is 6.10 Å². The number of nitro benzene ring substituents is 1. The van der Waals surface area contributed by atoms with E-state index in [1.165, 1.54) is 25.1 Å². The fraction of sp³-hybridized carbons (Fsp3) is 0.222. The number of anilines is 2. The number of non-ortho nitro benzene ring substituents is 1. The van der Waals surface area contributed by atoms with Gasteiger partial charge in [-0.15, -0.1) is 0 Å². The van der Waals surface area contributed by atoms with Gasteiger partial charge in [0.2, 0.25) is 0 Å². The van der Waals surface area contributed by atoms with Crippen molar-refractivity contribution in [2.75, 3.05) is 23.8 Å². The van der Waals surface area contributed by atoms with E-state index in [1.807, 2.05) is 0 Å². The number of hydrogen-bond acceptors (Lipinski definition) is 7. The van der Waals surface area contributed by atoms with Crippen molar-refractivity contribution in [1.29, 1.82) is 0 Å². The van der Waals surface area contributed by atoms with E-state index in [0.29, 0.717) is 10.7 Å². The van der Waals surface area contributed by atoms with E-state index in [4.69, 9.17) is 21.4 Å². The maximum Gasteiger partial charge on any atom is 0.341 e. The second-order valence-corrected chi connectivity index (χ2v) is 6.12. The van der Waals surface area contributed by atoms with Crippen LogP contribution in [0.2, 0.25) is 5.02 Å². The molecule has 0 radical (unpaired) electrons. The van der Waals surface area contributed by atoms with Gasteiger partial charge in [-0.25, -0.2) is 4.79 Å². The molecule has 0 aliphatic carbocycles. The van der Waals surface area contributed by atoms with Crippen LogP contribution in [0.5, 0.6) is 0 Å². The molecule has 10 heteroatoms. The number of rotatable bonds is 8. The second kappa shape index (κ2) is 9.67. The SMILES string of the molecule is C[C@H](OC(=O)c1cc([N+](=O)[O-])ccc1NCCO)C(=O)Nc1cccc(Cl)c1. The standard InChI is InChI=1S/C18H18ClN3O6/c1-11(17(24)21-13-4-2-3-12(19)9-13)28-18(25)15-10-14(22(26)27)5-6-16(15)20-7-8-23/h2-6,9-11,20,23H,7-8H2,1H3,(H,21,24)/t11-/m0/s1. The third-order valence-corrected chi connectivity index (χ3v) is 3.84. The Bertz CT molecular complexity index is 889. The number of aliphatic hydroxyl groups is 1. The van der Waals surface area contributed by atoms with E-state index < -0.39 is 22.9 Å². The average molecular weight is 408 g/mol. The summed E-state index contributed by atoms with van der Waals surface area (Å²) >= 11 is 5.86. The summed E-state index contributed by atoms with van der Waals surface area (Å²) in [5, 5.41) is 25.7. The van der Waals surface area contributed by atoms with Gasteiger partial charge in [-0.1, -0.05) is 17.7 Å². The van der Waals surface area contributed by atoms with Crippen molar-refractivity contribution in [1.82, 2.24) is 0 Å². The molecule has 0 unspecified atom stereocenters. The Kier molecular flexibility index (Phi) is 7.30. The predicted octanol–water partition coefficient (Wildman–Crippen LogP) is 2.84. The van der Waals surface area contributed by atoms with Gasteiger partial charge in [0.25, 0.3) is 11.6 Å². The summed E-state index contributed by atoms with van der Waals surface area (Å²) in [5.41, 5.74) is 0.246. The highest BCUT2D eigenvalue weighted by Gasteiger charge is 2.23. The fourth-order valence-corrected chi connectivity index (χ4v) is 2.44. The quantitative estimate of drug-likeness (QED) is 0.348. The van der Waals surface area contributed by atoms with Crippen LogP contribution in [-0.2, 0) is 9.53 Å². The van der Waals surface area contributed by atoms with Crippen molar-refractivity contribution < 1.29 is 24.4 Å². The molecule has 148 valence electrons. The monoisotopic (exact) mass is 407 g/mol. The molecule has 0 heterocycles. The number of aliphatic hydroxyl groups excluding tert-OH is 1. The number of carbonyl (C=O) groups excluding carboxylic acids is 2. The molecule has 0 spiro atoms. The highest BCUT2D eigenvalue weighted by molar-refractivity contribution is 6.30. The molecule has 0 aliphatic heterocycles. The summed E-state index contributed by atoms with van der Waals surface area (Å²) in [5.74, 6) is -1.51.